The highest BCUT2D eigenvalue weighted by Crippen LogP contribution is 2.29. The van der Waals surface area contributed by atoms with Crippen LogP contribution in [0.1, 0.15) is 27.2 Å². The minimum Gasteiger partial charge on any atom is -0.488 e. The van der Waals surface area contributed by atoms with Crippen molar-refractivity contribution in [2.24, 2.45) is 5.92 Å². The van der Waals surface area contributed by atoms with Crippen LogP contribution in [0.2, 0.25) is 5.02 Å². The Balaban J connectivity index is 2.77. The highest BCUT2D eigenvalue weighted by atomic mass is 35.5. The van der Waals surface area contributed by atoms with Crippen molar-refractivity contribution in [1.82, 2.24) is 0 Å². The van der Waals surface area contributed by atoms with Gasteiger partial charge in [0, 0.05) is 6.07 Å². The molecule has 0 aliphatic rings. The first-order valence-corrected chi connectivity index (χ1v) is 5.69. The molecule has 0 bridgehead atoms. The fourth-order valence-electron chi connectivity index (χ4n) is 1.57. The van der Waals surface area contributed by atoms with Gasteiger partial charge < -0.3 is 10.5 Å². The molecule has 1 unspecified atom stereocenters. The zero-order valence-corrected chi connectivity index (χ0v) is 10.5. The predicted octanol–water partition coefficient (Wildman–Crippen LogP) is 3.87. The summed E-state index contributed by atoms with van der Waals surface area (Å²) >= 11 is 5.60. The van der Waals surface area contributed by atoms with Crippen molar-refractivity contribution < 1.29 is 9.13 Å². The van der Waals surface area contributed by atoms with Crippen LogP contribution in [0.5, 0.6) is 5.75 Å². The topological polar surface area (TPSA) is 35.2 Å². The molecule has 0 fully saturated rings. The van der Waals surface area contributed by atoms with Gasteiger partial charge in [-0.05, 0) is 25.3 Å². The van der Waals surface area contributed by atoms with Crippen molar-refractivity contribution >= 4 is 17.3 Å². The normalized spacial score (nSPS) is 12.9. The molecule has 0 saturated carbocycles. The molecule has 2 nitrogen and oxygen atoms in total. The molecule has 4 heteroatoms. The van der Waals surface area contributed by atoms with Crippen LogP contribution in [0.4, 0.5) is 10.1 Å². The Morgan fingerprint density at radius 1 is 1.38 bits per heavy atom. The van der Waals surface area contributed by atoms with Crippen LogP contribution in [0.25, 0.3) is 0 Å². The number of benzene rings is 1. The van der Waals surface area contributed by atoms with Gasteiger partial charge in [0.2, 0.25) is 0 Å². The first-order valence-electron chi connectivity index (χ1n) is 5.31. The second-order valence-corrected chi connectivity index (χ2v) is 4.77. The molecule has 0 heterocycles. The molecule has 2 N–H and O–H groups in total. The Kier molecular flexibility index (Phi) is 4.42. The molecule has 0 aliphatic carbocycles. The molecule has 1 aromatic rings. The fourth-order valence-corrected chi connectivity index (χ4v) is 1.75. The average molecular weight is 246 g/mol. The van der Waals surface area contributed by atoms with E-state index in [4.69, 9.17) is 22.1 Å². The number of halogens is 2. The van der Waals surface area contributed by atoms with E-state index >= 15 is 0 Å². The Morgan fingerprint density at radius 2 is 2.00 bits per heavy atom. The summed E-state index contributed by atoms with van der Waals surface area (Å²) in [6, 6.07) is 2.60. The molecule has 16 heavy (non-hydrogen) atoms. The van der Waals surface area contributed by atoms with Crippen LogP contribution in [0, 0.1) is 11.7 Å². The fraction of sp³-hybridized carbons (Fsp3) is 0.500. The Hall–Kier alpha value is -0.960. The van der Waals surface area contributed by atoms with Crippen LogP contribution in [-0.4, -0.2) is 6.10 Å². The van der Waals surface area contributed by atoms with Crippen LogP contribution in [0.3, 0.4) is 0 Å². The van der Waals surface area contributed by atoms with Gasteiger partial charge in [0.05, 0.1) is 16.8 Å². The van der Waals surface area contributed by atoms with E-state index in [0.29, 0.717) is 17.4 Å². The zero-order chi connectivity index (χ0) is 12.3. The summed E-state index contributed by atoms with van der Waals surface area (Å²) in [6.07, 6.45) is 0.895. The molecule has 0 radical (unpaired) electrons. The molecule has 0 spiro atoms. The van der Waals surface area contributed by atoms with E-state index in [0.717, 1.165) is 6.42 Å². The van der Waals surface area contributed by atoms with E-state index in [-0.39, 0.29) is 11.1 Å². The minimum atomic E-state index is -0.511. The van der Waals surface area contributed by atoms with E-state index in [1.807, 2.05) is 6.92 Å². The standard InChI is InChI=1S/C12H17ClFNO/c1-7(2)4-8(3)16-12-6-10(14)9(13)5-11(12)15/h5-8H,4,15H2,1-3H3. The second-order valence-electron chi connectivity index (χ2n) is 4.36. The first kappa shape index (κ1) is 13.1. The molecule has 0 aliphatic heterocycles. The van der Waals surface area contributed by atoms with Crippen molar-refractivity contribution in [2.45, 2.75) is 33.3 Å². The van der Waals surface area contributed by atoms with Gasteiger partial charge in [0.15, 0.2) is 0 Å². The SMILES string of the molecule is CC(C)CC(C)Oc1cc(F)c(Cl)cc1N. The number of nitrogens with two attached hydrogens (primary N) is 1. The third-order valence-electron chi connectivity index (χ3n) is 2.18. The number of ether oxygens (including phenoxy) is 1. The van der Waals surface area contributed by atoms with Crippen LogP contribution in [0.15, 0.2) is 12.1 Å². The highest BCUT2D eigenvalue weighted by Gasteiger charge is 2.11. The van der Waals surface area contributed by atoms with Crippen molar-refractivity contribution in [1.29, 1.82) is 0 Å². The minimum absolute atomic E-state index is 0.00266. The van der Waals surface area contributed by atoms with E-state index < -0.39 is 5.82 Å². The lowest BCUT2D eigenvalue weighted by Gasteiger charge is -2.18. The van der Waals surface area contributed by atoms with Crippen LogP contribution in [-0.2, 0) is 0 Å². The summed E-state index contributed by atoms with van der Waals surface area (Å²) in [4.78, 5) is 0. The molecular formula is C12H17ClFNO. The molecule has 90 valence electrons. The molecule has 0 aromatic heterocycles. The summed E-state index contributed by atoms with van der Waals surface area (Å²) in [7, 11) is 0. The lowest BCUT2D eigenvalue weighted by atomic mass is 10.1. The Bertz CT molecular complexity index is 368. The summed E-state index contributed by atoms with van der Waals surface area (Å²) in [5.41, 5.74) is 6.06. The van der Waals surface area contributed by atoms with Gasteiger partial charge in [-0.1, -0.05) is 25.4 Å². The number of nitrogen functional groups attached to an aromatic ring is 1. The smallest absolute Gasteiger partial charge is 0.145 e. The monoisotopic (exact) mass is 245 g/mol. The number of hydrogen-bond donors (Lipinski definition) is 1. The van der Waals surface area contributed by atoms with Crippen LogP contribution >= 0.6 is 11.6 Å². The largest absolute Gasteiger partial charge is 0.488 e. The van der Waals surface area contributed by atoms with Crippen molar-refractivity contribution in [2.75, 3.05) is 5.73 Å². The highest BCUT2D eigenvalue weighted by molar-refractivity contribution is 6.31. The van der Waals surface area contributed by atoms with Gasteiger partial charge in [-0.25, -0.2) is 4.39 Å². The molecule has 1 rings (SSSR count). The number of rotatable bonds is 4. The molecule has 0 saturated heterocycles. The van der Waals surface area contributed by atoms with E-state index in [2.05, 4.69) is 13.8 Å². The molecule has 0 amide bonds. The first-order chi connectivity index (χ1) is 7.40. The average Bonchev–Trinajstić information content (AvgIpc) is 2.12. The van der Waals surface area contributed by atoms with Crippen molar-refractivity contribution in [3.8, 4) is 5.75 Å². The maximum absolute atomic E-state index is 13.2. The van der Waals surface area contributed by atoms with Gasteiger partial charge >= 0.3 is 0 Å². The van der Waals surface area contributed by atoms with Gasteiger partial charge in [-0.2, -0.15) is 0 Å². The molecular weight excluding hydrogens is 229 g/mol. The van der Waals surface area contributed by atoms with E-state index in [9.17, 15) is 4.39 Å². The lowest BCUT2D eigenvalue weighted by Crippen LogP contribution is -2.15. The van der Waals surface area contributed by atoms with Crippen molar-refractivity contribution in [3.05, 3.63) is 23.0 Å². The second kappa shape index (κ2) is 5.39. The maximum Gasteiger partial charge on any atom is 0.145 e. The van der Waals surface area contributed by atoms with Gasteiger partial charge in [0.1, 0.15) is 11.6 Å². The Labute approximate surface area is 101 Å². The van der Waals surface area contributed by atoms with Gasteiger partial charge in [-0.3, -0.25) is 0 Å². The number of anilines is 1. The summed E-state index contributed by atoms with van der Waals surface area (Å²) in [5, 5.41) is 0.0152. The third-order valence-corrected chi connectivity index (χ3v) is 2.47. The van der Waals surface area contributed by atoms with E-state index in [1.165, 1.54) is 12.1 Å². The molecule has 1 aromatic carbocycles. The van der Waals surface area contributed by atoms with Gasteiger partial charge in [0.25, 0.3) is 0 Å². The lowest BCUT2D eigenvalue weighted by molar-refractivity contribution is 0.194. The van der Waals surface area contributed by atoms with Gasteiger partial charge in [-0.15, -0.1) is 0 Å². The maximum atomic E-state index is 13.2. The third kappa shape index (κ3) is 3.56. The Morgan fingerprint density at radius 3 is 2.56 bits per heavy atom. The summed E-state index contributed by atoms with van der Waals surface area (Å²) < 4.78 is 18.8. The summed E-state index contributed by atoms with van der Waals surface area (Å²) in [6.45, 7) is 6.14. The van der Waals surface area contributed by atoms with E-state index in [1.54, 1.807) is 0 Å². The zero-order valence-electron chi connectivity index (χ0n) is 9.76. The van der Waals surface area contributed by atoms with Crippen LogP contribution < -0.4 is 10.5 Å². The quantitative estimate of drug-likeness (QED) is 0.818. The molecule has 1 atom stereocenters. The predicted molar refractivity (Wildman–Crippen MR) is 65.4 cm³/mol. The van der Waals surface area contributed by atoms with Crippen molar-refractivity contribution in [3.63, 3.8) is 0 Å². The summed E-state index contributed by atoms with van der Waals surface area (Å²) in [5.74, 6) is 0.367. The number of hydrogen-bond acceptors (Lipinski definition) is 2.